The summed E-state index contributed by atoms with van der Waals surface area (Å²) in [6.45, 7) is 5.00. The number of hydrogen-bond donors (Lipinski definition) is 2. The van der Waals surface area contributed by atoms with E-state index in [-0.39, 0.29) is 5.78 Å². The van der Waals surface area contributed by atoms with Gasteiger partial charge >= 0.3 is 0 Å². The predicted octanol–water partition coefficient (Wildman–Crippen LogP) is 4.48. The molecule has 0 bridgehead atoms. The lowest BCUT2D eigenvalue weighted by Gasteiger charge is -2.33. The number of carbonyl (C=O) groups is 1. The van der Waals surface area contributed by atoms with Crippen LogP contribution in [0.25, 0.3) is 0 Å². The van der Waals surface area contributed by atoms with E-state index in [2.05, 4.69) is 34.5 Å². The third-order valence-corrected chi connectivity index (χ3v) is 6.68. The van der Waals surface area contributed by atoms with E-state index in [9.17, 15) is 4.79 Å². The van der Waals surface area contributed by atoms with Gasteiger partial charge in [-0.2, -0.15) is 0 Å². The van der Waals surface area contributed by atoms with E-state index in [0.717, 1.165) is 44.2 Å². The van der Waals surface area contributed by atoms with Gasteiger partial charge in [0.1, 0.15) is 0 Å². The van der Waals surface area contributed by atoms with Crippen molar-refractivity contribution in [1.82, 2.24) is 4.90 Å². The van der Waals surface area contributed by atoms with E-state index in [1.807, 2.05) is 24.3 Å². The summed E-state index contributed by atoms with van der Waals surface area (Å²) in [7, 11) is 0. The van der Waals surface area contributed by atoms with Crippen LogP contribution in [0.4, 0.5) is 5.69 Å². The first-order chi connectivity index (χ1) is 15.1. The van der Waals surface area contributed by atoms with Crippen LogP contribution in [0.15, 0.2) is 53.5 Å². The molecule has 1 aliphatic heterocycles. The van der Waals surface area contributed by atoms with Crippen molar-refractivity contribution in [3.05, 3.63) is 65.2 Å². The first-order valence-electron chi connectivity index (χ1n) is 11.6. The molecule has 0 amide bonds. The summed E-state index contributed by atoms with van der Waals surface area (Å²) in [5.41, 5.74) is 10.4. The standard InChI is InChI=1S/C26H34N4O/c1-19(31)23-10-5-11-25(15-23)29-26(28-17-21-7-4-6-20(14-21)16-27)30-13-12-22-8-2-3-9-24(22)18-30/h2-3,5,8-11,15,20-21H,4,6-7,12-14,16-18,27H2,1H3,(H,28,29). The van der Waals surface area contributed by atoms with Gasteiger partial charge in [-0.25, -0.2) is 0 Å². The fourth-order valence-corrected chi connectivity index (χ4v) is 4.84. The summed E-state index contributed by atoms with van der Waals surface area (Å²) < 4.78 is 0. The average molecular weight is 419 g/mol. The van der Waals surface area contributed by atoms with Crippen LogP contribution in [-0.4, -0.2) is 36.3 Å². The van der Waals surface area contributed by atoms with Crippen LogP contribution in [-0.2, 0) is 13.0 Å². The van der Waals surface area contributed by atoms with E-state index in [0.29, 0.717) is 17.4 Å². The first kappa shape index (κ1) is 21.6. The molecule has 2 unspecified atom stereocenters. The van der Waals surface area contributed by atoms with Crippen molar-refractivity contribution < 1.29 is 4.79 Å². The zero-order chi connectivity index (χ0) is 21.6. The van der Waals surface area contributed by atoms with Gasteiger partial charge in [-0.15, -0.1) is 0 Å². The monoisotopic (exact) mass is 418 g/mol. The van der Waals surface area contributed by atoms with Crippen molar-refractivity contribution in [1.29, 1.82) is 0 Å². The number of nitrogens with one attached hydrogen (secondary N) is 1. The van der Waals surface area contributed by atoms with Crippen molar-refractivity contribution in [2.24, 2.45) is 22.6 Å². The number of anilines is 1. The highest BCUT2D eigenvalue weighted by Crippen LogP contribution is 2.29. The highest BCUT2D eigenvalue weighted by molar-refractivity contribution is 5.98. The summed E-state index contributed by atoms with van der Waals surface area (Å²) >= 11 is 0. The van der Waals surface area contributed by atoms with E-state index in [1.165, 1.54) is 36.8 Å². The van der Waals surface area contributed by atoms with Gasteiger partial charge in [0.15, 0.2) is 11.7 Å². The smallest absolute Gasteiger partial charge is 0.198 e. The number of carbonyl (C=O) groups excluding carboxylic acids is 1. The largest absolute Gasteiger partial charge is 0.338 e. The fourth-order valence-electron chi connectivity index (χ4n) is 4.84. The Morgan fingerprint density at radius 2 is 1.94 bits per heavy atom. The Bertz CT molecular complexity index is 939. The number of nitrogens with zero attached hydrogens (tertiary/aromatic N) is 2. The Morgan fingerprint density at radius 1 is 1.13 bits per heavy atom. The Labute approximate surface area is 185 Å². The van der Waals surface area contributed by atoms with E-state index in [4.69, 9.17) is 10.7 Å². The summed E-state index contributed by atoms with van der Waals surface area (Å²) in [4.78, 5) is 19.3. The second-order valence-corrected chi connectivity index (χ2v) is 9.00. The third kappa shape index (κ3) is 5.53. The molecule has 5 heteroatoms. The minimum Gasteiger partial charge on any atom is -0.338 e. The average Bonchev–Trinajstić information content (AvgIpc) is 2.81. The second kappa shape index (κ2) is 10.1. The molecule has 0 radical (unpaired) electrons. The topological polar surface area (TPSA) is 70.7 Å². The summed E-state index contributed by atoms with van der Waals surface area (Å²) in [6, 6.07) is 16.4. The van der Waals surface area contributed by atoms with Crippen LogP contribution in [0.1, 0.15) is 54.1 Å². The number of ketones is 1. The van der Waals surface area contributed by atoms with Gasteiger partial charge in [0.2, 0.25) is 0 Å². The van der Waals surface area contributed by atoms with Gasteiger partial charge in [-0.1, -0.05) is 42.8 Å². The normalized spacial score (nSPS) is 21.5. The van der Waals surface area contributed by atoms with E-state index < -0.39 is 0 Å². The lowest BCUT2D eigenvalue weighted by Crippen LogP contribution is -2.40. The lowest BCUT2D eigenvalue weighted by molar-refractivity contribution is 0.101. The molecule has 2 aliphatic rings. The number of rotatable bonds is 5. The maximum atomic E-state index is 11.8. The maximum absolute atomic E-state index is 11.8. The molecule has 0 spiro atoms. The molecule has 1 saturated carbocycles. The Morgan fingerprint density at radius 3 is 2.74 bits per heavy atom. The molecular weight excluding hydrogens is 384 g/mol. The number of guanidine groups is 1. The van der Waals surface area contributed by atoms with Gasteiger partial charge < -0.3 is 16.0 Å². The maximum Gasteiger partial charge on any atom is 0.198 e. The van der Waals surface area contributed by atoms with Crippen LogP contribution in [0.5, 0.6) is 0 Å². The minimum absolute atomic E-state index is 0.0732. The van der Waals surface area contributed by atoms with Crippen LogP contribution in [0, 0.1) is 11.8 Å². The molecule has 31 heavy (non-hydrogen) atoms. The highest BCUT2D eigenvalue weighted by atomic mass is 16.1. The summed E-state index contributed by atoms with van der Waals surface area (Å²) in [5, 5.41) is 3.54. The number of fused-ring (bicyclic) bond motifs is 1. The quantitative estimate of drug-likeness (QED) is 0.427. The van der Waals surface area contributed by atoms with Gasteiger partial charge in [-0.3, -0.25) is 9.79 Å². The first-order valence-corrected chi connectivity index (χ1v) is 11.6. The van der Waals surface area contributed by atoms with Crippen molar-refractivity contribution in [2.75, 3.05) is 25.0 Å². The molecule has 0 aromatic heterocycles. The van der Waals surface area contributed by atoms with E-state index >= 15 is 0 Å². The van der Waals surface area contributed by atoms with Gasteiger partial charge in [0.25, 0.3) is 0 Å². The molecule has 2 aromatic carbocycles. The van der Waals surface area contributed by atoms with Crippen LogP contribution < -0.4 is 11.1 Å². The Hall–Kier alpha value is -2.66. The molecule has 4 rings (SSSR count). The lowest BCUT2D eigenvalue weighted by atomic mass is 9.81. The molecule has 2 aromatic rings. The van der Waals surface area contributed by atoms with E-state index in [1.54, 1.807) is 6.92 Å². The molecule has 1 fully saturated rings. The molecule has 5 nitrogen and oxygen atoms in total. The molecular formula is C26H34N4O. The number of nitrogens with two attached hydrogens (primary N) is 1. The van der Waals surface area contributed by atoms with Crippen LogP contribution in [0.3, 0.4) is 0 Å². The van der Waals surface area contributed by atoms with Crippen LogP contribution >= 0.6 is 0 Å². The van der Waals surface area contributed by atoms with Gasteiger partial charge in [0.05, 0.1) is 0 Å². The zero-order valence-electron chi connectivity index (χ0n) is 18.5. The number of aliphatic imine (C=N–C) groups is 1. The second-order valence-electron chi connectivity index (χ2n) is 9.00. The zero-order valence-corrected chi connectivity index (χ0v) is 18.5. The SMILES string of the molecule is CC(=O)c1cccc(NC(=NCC2CCCC(CN)C2)N2CCc3ccccc3C2)c1. The molecule has 1 aliphatic carbocycles. The van der Waals surface area contributed by atoms with Crippen LogP contribution in [0.2, 0.25) is 0 Å². The molecule has 164 valence electrons. The number of hydrogen-bond acceptors (Lipinski definition) is 3. The molecule has 2 atom stereocenters. The van der Waals surface area contributed by atoms with Crippen molar-refractivity contribution in [3.8, 4) is 0 Å². The fraction of sp³-hybridized carbons (Fsp3) is 0.462. The van der Waals surface area contributed by atoms with Crippen molar-refractivity contribution in [2.45, 2.75) is 45.6 Å². The molecule has 3 N–H and O–H groups in total. The van der Waals surface area contributed by atoms with Crippen molar-refractivity contribution in [3.63, 3.8) is 0 Å². The summed E-state index contributed by atoms with van der Waals surface area (Å²) in [6.07, 6.45) is 5.93. The highest BCUT2D eigenvalue weighted by Gasteiger charge is 2.23. The van der Waals surface area contributed by atoms with Gasteiger partial charge in [-0.05, 0) is 74.2 Å². The Balaban J connectivity index is 1.54. The third-order valence-electron chi connectivity index (χ3n) is 6.68. The minimum atomic E-state index is 0.0732. The number of Topliss-reactive ketones (excluding diaryl/α,β-unsaturated/α-hetero) is 1. The number of benzene rings is 2. The van der Waals surface area contributed by atoms with Gasteiger partial charge in [0, 0.05) is 30.9 Å². The molecule has 0 saturated heterocycles. The van der Waals surface area contributed by atoms with Crippen molar-refractivity contribution >= 4 is 17.4 Å². The summed E-state index contributed by atoms with van der Waals surface area (Å²) in [5.74, 6) is 2.22. The Kier molecular flexibility index (Phi) is 7.03. The molecule has 1 heterocycles. The predicted molar refractivity (Wildman–Crippen MR) is 127 cm³/mol.